The first-order valence-corrected chi connectivity index (χ1v) is 9.32. The average molecular weight is 324 g/mol. The van der Waals surface area contributed by atoms with Gasteiger partial charge in [-0.1, -0.05) is 20.8 Å². The zero-order valence-corrected chi connectivity index (χ0v) is 16.2. The monoisotopic (exact) mass is 323 g/mol. The highest BCUT2D eigenvalue weighted by molar-refractivity contribution is 5.79. The predicted octanol–water partition coefficient (Wildman–Crippen LogP) is 2.69. The number of nitrogens with zero attached hydrogens (tertiary/aromatic N) is 3. The fraction of sp³-hybridized carbons (Fsp3) is 0.947. The van der Waals surface area contributed by atoms with Gasteiger partial charge in [-0.15, -0.1) is 0 Å². The van der Waals surface area contributed by atoms with Crippen LogP contribution in [-0.4, -0.2) is 72.0 Å². The van der Waals surface area contributed by atoms with Crippen molar-refractivity contribution in [3.63, 3.8) is 0 Å². The summed E-state index contributed by atoms with van der Waals surface area (Å²) in [4.78, 5) is 19.9. The minimum atomic E-state index is 0.229. The Labute approximate surface area is 143 Å². The maximum atomic E-state index is 12.8. The van der Waals surface area contributed by atoms with E-state index >= 15 is 0 Å². The van der Waals surface area contributed by atoms with Gasteiger partial charge in [-0.25, -0.2) is 0 Å². The SMILES string of the molecule is CC(C)(C)CN1CCN(C(=O)C2CCN(C(C)(C)C)CC2)CC1. The zero-order valence-electron chi connectivity index (χ0n) is 16.2. The number of rotatable bonds is 2. The first-order valence-electron chi connectivity index (χ1n) is 9.32. The van der Waals surface area contributed by atoms with Crippen LogP contribution in [-0.2, 0) is 4.79 Å². The summed E-state index contributed by atoms with van der Waals surface area (Å²) in [7, 11) is 0. The van der Waals surface area contributed by atoms with Gasteiger partial charge in [-0.2, -0.15) is 0 Å². The summed E-state index contributed by atoms with van der Waals surface area (Å²) in [6.45, 7) is 20.8. The smallest absolute Gasteiger partial charge is 0.225 e. The summed E-state index contributed by atoms with van der Waals surface area (Å²) >= 11 is 0. The second-order valence-corrected chi connectivity index (χ2v) is 9.59. The molecule has 2 fully saturated rings. The van der Waals surface area contributed by atoms with Crippen LogP contribution < -0.4 is 0 Å². The Balaban J connectivity index is 1.78. The van der Waals surface area contributed by atoms with Crippen LogP contribution in [0.3, 0.4) is 0 Å². The number of hydrogen-bond acceptors (Lipinski definition) is 3. The van der Waals surface area contributed by atoms with E-state index in [1.807, 2.05) is 0 Å². The van der Waals surface area contributed by atoms with Gasteiger partial charge in [0, 0.05) is 44.2 Å². The fourth-order valence-corrected chi connectivity index (χ4v) is 3.85. The van der Waals surface area contributed by atoms with E-state index in [2.05, 4.69) is 56.2 Å². The highest BCUT2D eigenvalue weighted by Crippen LogP contribution is 2.25. The van der Waals surface area contributed by atoms with Crippen molar-refractivity contribution in [3.05, 3.63) is 0 Å². The molecule has 0 atom stereocenters. The number of piperazine rings is 1. The third kappa shape index (κ3) is 5.46. The summed E-state index contributed by atoms with van der Waals surface area (Å²) in [6, 6.07) is 0. The van der Waals surface area contributed by atoms with Crippen molar-refractivity contribution in [3.8, 4) is 0 Å². The number of likely N-dealkylation sites (tertiary alicyclic amines) is 1. The molecule has 23 heavy (non-hydrogen) atoms. The summed E-state index contributed by atoms with van der Waals surface area (Å²) < 4.78 is 0. The number of piperidine rings is 1. The molecule has 0 unspecified atom stereocenters. The van der Waals surface area contributed by atoms with E-state index in [4.69, 9.17) is 0 Å². The molecule has 2 rings (SSSR count). The largest absolute Gasteiger partial charge is 0.340 e. The molecule has 0 spiro atoms. The number of amides is 1. The van der Waals surface area contributed by atoms with E-state index in [0.717, 1.165) is 58.7 Å². The summed E-state index contributed by atoms with van der Waals surface area (Å²) in [6.07, 6.45) is 2.05. The lowest BCUT2D eigenvalue weighted by Gasteiger charge is -2.43. The van der Waals surface area contributed by atoms with E-state index in [9.17, 15) is 4.79 Å². The van der Waals surface area contributed by atoms with E-state index < -0.39 is 0 Å². The molecule has 0 radical (unpaired) electrons. The molecule has 1 amide bonds. The molecule has 0 N–H and O–H groups in total. The van der Waals surface area contributed by atoms with Crippen LogP contribution in [0.2, 0.25) is 0 Å². The standard InChI is InChI=1S/C19H37N3O/c1-18(2,3)15-20-11-13-21(14-12-20)17(23)16-7-9-22(10-8-16)19(4,5)6/h16H,7-15H2,1-6H3. The first-order chi connectivity index (χ1) is 10.6. The van der Waals surface area contributed by atoms with Crippen LogP contribution in [0.1, 0.15) is 54.4 Å². The average Bonchev–Trinajstić information content (AvgIpc) is 2.45. The van der Waals surface area contributed by atoms with Crippen molar-refractivity contribution in [2.24, 2.45) is 11.3 Å². The quantitative estimate of drug-likeness (QED) is 0.782. The van der Waals surface area contributed by atoms with Gasteiger partial charge in [-0.05, 0) is 52.1 Å². The molecule has 0 aromatic heterocycles. The molecule has 0 aromatic rings. The molecular weight excluding hydrogens is 286 g/mol. The van der Waals surface area contributed by atoms with Gasteiger partial charge in [0.1, 0.15) is 0 Å². The Hall–Kier alpha value is -0.610. The lowest BCUT2D eigenvalue weighted by molar-refractivity contribution is -0.139. The van der Waals surface area contributed by atoms with Gasteiger partial charge < -0.3 is 4.90 Å². The second-order valence-electron chi connectivity index (χ2n) is 9.59. The van der Waals surface area contributed by atoms with Crippen LogP contribution >= 0.6 is 0 Å². The number of hydrogen-bond donors (Lipinski definition) is 0. The molecule has 2 heterocycles. The maximum absolute atomic E-state index is 12.8. The molecule has 0 aromatic carbocycles. The topological polar surface area (TPSA) is 26.8 Å². The molecule has 4 heteroatoms. The maximum Gasteiger partial charge on any atom is 0.225 e. The van der Waals surface area contributed by atoms with Crippen molar-refractivity contribution < 1.29 is 4.79 Å². The highest BCUT2D eigenvalue weighted by atomic mass is 16.2. The third-order valence-electron chi connectivity index (χ3n) is 5.17. The highest BCUT2D eigenvalue weighted by Gasteiger charge is 2.33. The molecule has 0 saturated carbocycles. The molecule has 0 aliphatic carbocycles. The van der Waals surface area contributed by atoms with E-state index in [1.165, 1.54) is 0 Å². The Morgan fingerprint density at radius 3 is 1.83 bits per heavy atom. The molecule has 2 saturated heterocycles. The van der Waals surface area contributed by atoms with Crippen molar-refractivity contribution in [2.75, 3.05) is 45.8 Å². The Morgan fingerprint density at radius 1 is 0.870 bits per heavy atom. The Kier molecular flexibility index (Phi) is 5.78. The number of carbonyl (C=O) groups is 1. The summed E-state index contributed by atoms with van der Waals surface area (Å²) in [5, 5.41) is 0. The summed E-state index contributed by atoms with van der Waals surface area (Å²) in [5.41, 5.74) is 0.568. The van der Waals surface area contributed by atoms with Crippen molar-refractivity contribution in [2.45, 2.75) is 59.9 Å². The van der Waals surface area contributed by atoms with Gasteiger partial charge in [0.15, 0.2) is 0 Å². The van der Waals surface area contributed by atoms with E-state index in [0.29, 0.717) is 11.3 Å². The summed E-state index contributed by atoms with van der Waals surface area (Å²) in [5.74, 6) is 0.664. The fourth-order valence-electron chi connectivity index (χ4n) is 3.85. The zero-order chi connectivity index (χ0) is 17.3. The van der Waals surface area contributed by atoms with Crippen molar-refractivity contribution in [1.29, 1.82) is 0 Å². The van der Waals surface area contributed by atoms with Crippen molar-refractivity contribution >= 4 is 5.91 Å². The molecule has 4 nitrogen and oxygen atoms in total. The van der Waals surface area contributed by atoms with Crippen LogP contribution in [0, 0.1) is 11.3 Å². The predicted molar refractivity (Wildman–Crippen MR) is 96.5 cm³/mol. The normalized spacial score (nSPS) is 23.3. The van der Waals surface area contributed by atoms with E-state index in [1.54, 1.807) is 0 Å². The molecule has 2 aliphatic heterocycles. The minimum Gasteiger partial charge on any atom is -0.340 e. The van der Waals surface area contributed by atoms with Gasteiger partial charge in [0.2, 0.25) is 5.91 Å². The Morgan fingerprint density at radius 2 is 1.39 bits per heavy atom. The van der Waals surface area contributed by atoms with Gasteiger partial charge in [0.25, 0.3) is 0 Å². The van der Waals surface area contributed by atoms with Crippen LogP contribution in [0.4, 0.5) is 0 Å². The second kappa shape index (κ2) is 7.10. The van der Waals surface area contributed by atoms with Crippen LogP contribution in [0.15, 0.2) is 0 Å². The van der Waals surface area contributed by atoms with Gasteiger partial charge >= 0.3 is 0 Å². The van der Waals surface area contributed by atoms with Crippen molar-refractivity contribution in [1.82, 2.24) is 14.7 Å². The Bertz CT molecular complexity index is 392. The minimum absolute atomic E-state index is 0.229. The molecule has 0 bridgehead atoms. The molecule has 2 aliphatic rings. The number of carbonyl (C=O) groups excluding carboxylic acids is 1. The van der Waals surface area contributed by atoms with Crippen LogP contribution in [0.25, 0.3) is 0 Å². The van der Waals surface area contributed by atoms with Gasteiger partial charge in [-0.3, -0.25) is 14.6 Å². The lowest BCUT2D eigenvalue weighted by Crippen LogP contribution is -2.53. The third-order valence-corrected chi connectivity index (χ3v) is 5.17. The first kappa shape index (κ1) is 18.7. The van der Waals surface area contributed by atoms with E-state index in [-0.39, 0.29) is 11.5 Å². The molecule has 134 valence electrons. The lowest BCUT2D eigenvalue weighted by atomic mass is 9.91. The molecular formula is C19H37N3O. The van der Waals surface area contributed by atoms with Crippen LogP contribution in [0.5, 0.6) is 0 Å². The van der Waals surface area contributed by atoms with Gasteiger partial charge in [0.05, 0.1) is 0 Å².